The molecule has 0 aliphatic heterocycles. The first-order valence-corrected chi connectivity index (χ1v) is 12.1. The third-order valence-corrected chi connectivity index (χ3v) is 6.26. The van der Waals surface area contributed by atoms with Gasteiger partial charge in [-0.15, -0.1) is 0 Å². The van der Waals surface area contributed by atoms with Gasteiger partial charge < -0.3 is 15.0 Å². The van der Waals surface area contributed by atoms with E-state index >= 15 is 0 Å². The minimum absolute atomic E-state index is 0.0648. The van der Waals surface area contributed by atoms with Crippen molar-refractivity contribution >= 4 is 40.2 Å². The molecule has 1 amide bonds. The summed E-state index contributed by atoms with van der Waals surface area (Å²) in [6.07, 6.45) is 3.56. The van der Waals surface area contributed by atoms with Crippen LogP contribution in [-0.4, -0.2) is 36.7 Å². The van der Waals surface area contributed by atoms with E-state index < -0.39 is 11.9 Å². The molecule has 3 N–H and O–H groups in total. The number of pyridine rings is 2. The number of aromatic nitrogens is 4. The molecule has 0 fully saturated rings. The first-order chi connectivity index (χ1) is 18.4. The fourth-order valence-electron chi connectivity index (χ4n) is 4.18. The highest BCUT2D eigenvalue weighted by Crippen LogP contribution is 2.23. The Kier molecular flexibility index (Phi) is 7.01. The third-order valence-electron chi connectivity index (χ3n) is 6.02. The maximum absolute atomic E-state index is 13.0. The highest BCUT2D eigenvalue weighted by Gasteiger charge is 2.18. The summed E-state index contributed by atoms with van der Waals surface area (Å²) in [6, 6.07) is 19.6. The minimum atomic E-state index is -1.04. The molecular formula is C28H22ClN5O4. The molecule has 3 aromatic heterocycles. The summed E-state index contributed by atoms with van der Waals surface area (Å²) in [7, 11) is 0. The number of nitrogens with zero attached hydrogens (tertiary/aromatic N) is 3. The second-order valence-electron chi connectivity index (χ2n) is 8.80. The standard InChI is InChI=1S/C28H22ClN5O4/c29-21-8-9-23-22(14-21)26(33-32-23)28(38)31-27-20(13-25(36)37)12-19(15-30-27)11-17-4-6-18(7-5-17)16-34-10-2-1-3-24(34)35/h1-10,12,14-15H,11,13,16H2,(H,32,33)(H,36,37)(H,30,31,38). The smallest absolute Gasteiger partial charge is 0.307 e. The second kappa shape index (κ2) is 10.7. The van der Waals surface area contributed by atoms with Gasteiger partial charge in [0.15, 0.2) is 5.69 Å². The van der Waals surface area contributed by atoms with E-state index in [2.05, 4.69) is 20.5 Å². The van der Waals surface area contributed by atoms with Gasteiger partial charge in [0.2, 0.25) is 0 Å². The molecule has 0 saturated carbocycles. The molecule has 2 aromatic carbocycles. The van der Waals surface area contributed by atoms with Gasteiger partial charge in [-0.2, -0.15) is 5.10 Å². The van der Waals surface area contributed by atoms with Gasteiger partial charge in [-0.25, -0.2) is 4.98 Å². The van der Waals surface area contributed by atoms with Gasteiger partial charge in [0.1, 0.15) is 5.82 Å². The van der Waals surface area contributed by atoms with Crippen LogP contribution < -0.4 is 10.9 Å². The number of nitrogens with one attached hydrogen (secondary N) is 2. The highest BCUT2D eigenvalue weighted by molar-refractivity contribution is 6.31. The van der Waals surface area contributed by atoms with E-state index in [1.807, 2.05) is 30.3 Å². The van der Waals surface area contributed by atoms with Crippen molar-refractivity contribution in [3.05, 3.63) is 122 Å². The monoisotopic (exact) mass is 527 g/mol. The average Bonchev–Trinajstić information content (AvgIpc) is 3.31. The van der Waals surface area contributed by atoms with Crippen molar-refractivity contribution in [3.8, 4) is 0 Å². The van der Waals surface area contributed by atoms with E-state index in [4.69, 9.17) is 11.6 Å². The third kappa shape index (κ3) is 5.63. The Balaban J connectivity index is 1.34. The summed E-state index contributed by atoms with van der Waals surface area (Å²) in [6.45, 7) is 0.468. The van der Waals surface area contributed by atoms with Gasteiger partial charge in [0, 0.05) is 34.4 Å². The van der Waals surface area contributed by atoms with Crippen LogP contribution in [0.3, 0.4) is 0 Å². The maximum Gasteiger partial charge on any atom is 0.307 e. The maximum atomic E-state index is 13.0. The van der Waals surface area contributed by atoms with Crippen molar-refractivity contribution in [2.24, 2.45) is 0 Å². The van der Waals surface area contributed by atoms with E-state index in [0.29, 0.717) is 34.5 Å². The zero-order valence-corrected chi connectivity index (χ0v) is 20.8. The molecule has 0 radical (unpaired) electrons. The number of carboxylic acid groups (broad SMARTS) is 1. The van der Waals surface area contributed by atoms with Crippen LogP contribution in [-0.2, 0) is 24.2 Å². The molecule has 0 atom stereocenters. The fraction of sp³-hybridized carbons (Fsp3) is 0.107. The summed E-state index contributed by atoms with van der Waals surface area (Å²) in [5, 5.41) is 20.0. The SMILES string of the molecule is O=C(O)Cc1cc(Cc2ccc(Cn3ccccc3=O)cc2)cnc1NC(=O)c1n[nH]c2ccc(Cl)cc12. The van der Waals surface area contributed by atoms with Crippen LogP contribution in [0, 0.1) is 0 Å². The fourth-order valence-corrected chi connectivity index (χ4v) is 4.35. The van der Waals surface area contributed by atoms with Crippen molar-refractivity contribution < 1.29 is 14.7 Å². The Hall–Kier alpha value is -4.76. The van der Waals surface area contributed by atoms with E-state index in [1.54, 1.807) is 47.3 Å². The van der Waals surface area contributed by atoms with Crippen molar-refractivity contribution in [2.75, 3.05) is 5.32 Å². The predicted octanol–water partition coefficient (Wildman–Crippen LogP) is 4.29. The Morgan fingerprint density at radius 2 is 1.79 bits per heavy atom. The highest BCUT2D eigenvalue weighted by atomic mass is 35.5. The zero-order valence-electron chi connectivity index (χ0n) is 20.0. The number of aliphatic carboxylic acids is 1. The van der Waals surface area contributed by atoms with Gasteiger partial charge in [-0.05, 0) is 53.4 Å². The Morgan fingerprint density at radius 3 is 2.55 bits per heavy atom. The Bertz CT molecular complexity index is 1710. The molecule has 0 unspecified atom stereocenters. The first-order valence-electron chi connectivity index (χ1n) is 11.7. The molecule has 10 heteroatoms. The van der Waals surface area contributed by atoms with Crippen LogP contribution in [0.1, 0.15) is 32.7 Å². The minimum Gasteiger partial charge on any atom is -0.481 e. The Morgan fingerprint density at radius 1 is 1.00 bits per heavy atom. The number of carbonyl (C=O) groups is 2. The summed E-state index contributed by atoms with van der Waals surface area (Å²) >= 11 is 6.07. The second-order valence-corrected chi connectivity index (χ2v) is 9.23. The molecule has 3 heterocycles. The van der Waals surface area contributed by atoms with E-state index in [0.717, 1.165) is 16.7 Å². The lowest BCUT2D eigenvalue weighted by atomic mass is 10.0. The molecule has 0 aliphatic rings. The molecule has 0 spiro atoms. The topological polar surface area (TPSA) is 130 Å². The molecule has 190 valence electrons. The summed E-state index contributed by atoms with van der Waals surface area (Å²) in [5.74, 6) is -1.42. The van der Waals surface area contributed by atoms with Gasteiger partial charge in [0.25, 0.3) is 11.5 Å². The number of amides is 1. The number of carbonyl (C=O) groups excluding carboxylic acids is 1. The number of anilines is 1. The number of fused-ring (bicyclic) bond motifs is 1. The number of halogens is 1. The number of aromatic amines is 1. The number of hydrogen-bond donors (Lipinski definition) is 3. The van der Waals surface area contributed by atoms with Crippen LogP contribution in [0.15, 0.2) is 83.9 Å². The van der Waals surface area contributed by atoms with Crippen molar-refractivity contribution in [2.45, 2.75) is 19.4 Å². The van der Waals surface area contributed by atoms with Crippen LogP contribution in [0.2, 0.25) is 5.02 Å². The molecule has 38 heavy (non-hydrogen) atoms. The van der Waals surface area contributed by atoms with Gasteiger partial charge in [0.05, 0.1) is 18.5 Å². The average molecular weight is 528 g/mol. The van der Waals surface area contributed by atoms with Crippen LogP contribution in [0.4, 0.5) is 5.82 Å². The number of H-pyrrole nitrogens is 1. The van der Waals surface area contributed by atoms with E-state index in [1.165, 1.54) is 6.07 Å². The normalized spacial score (nSPS) is 11.0. The van der Waals surface area contributed by atoms with Crippen LogP contribution in [0.5, 0.6) is 0 Å². The van der Waals surface area contributed by atoms with Crippen molar-refractivity contribution in [1.29, 1.82) is 0 Å². The largest absolute Gasteiger partial charge is 0.481 e. The van der Waals surface area contributed by atoms with Gasteiger partial charge in [-0.3, -0.25) is 19.5 Å². The predicted molar refractivity (Wildman–Crippen MR) is 144 cm³/mol. The van der Waals surface area contributed by atoms with Crippen molar-refractivity contribution in [3.63, 3.8) is 0 Å². The molecule has 0 bridgehead atoms. The summed E-state index contributed by atoms with van der Waals surface area (Å²) in [4.78, 5) is 40.8. The van der Waals surface area contributed by atoms with E-state index in [-0.39, 0.29) is 23.5 Å². The molecule has 9 nitrogen and oxygen atoms in total. The van der Waals surface area contributed by atoms with Gasteiger partial charge in [-0.1, -0.05) is 41.9 Å². The quantitative estimate of drug-likeness (QED) is 0.276. The molecule has 0 aliphatic carbocycles. The molecule has 5 aromatic rings. The lowest BCUT2D eigenvalue weighted by Gasteiger charge is -2.11. The van der Waals surface area contributed by atoms with Crippen molar-refractivity contribution in [1.82, 2.24) is 19.7 Å². The van der Waals surface area contributed by atoms with E-state index in [9.17, 15) is 19.5 Å². The molecule has 0 saturated heterocycles. The number of carboxylic acids is 1. The van der Waals surface area contributed by atoms with Gasteiger partial charge >= 0.3 is 5.97 Å². The van der Waals surface area contributed by atoms with Crippen LogP contribution >= 0.6 is 11.6 Å². The Labute approximate surface area is 221 Å². The lowest BCUT2D eigenvalue weighted by molar-refractivity contribution is -0.136. The summed E-state index contributed by atoms with van der Waals surface area (Å²) in [5.41, 5.74) is 3.86. The number of rotatable bonds is 8. The number of benzene rings is 2. The first kappa shape index (κ1) is 24.9. The summed E-state index contributed by atoms with van der Waals surface area (Å²) < 4.78 is 1.63. The number of hydrogen-bond acceptors (Lipinski definition) is 5. The lowest BCUT2D eigenvalue weighted by Crippen LogP contribution is -2.18. The van der Waals surface area contributed by atoms with Crippen LogP contribution in [0.25, 0.3) is 10.9 Å². The molecule has 5 rings (SSSR count). The zero-order chi connectivity index (χ0) is 26.6. The molecular weight excluding hydrogens is 506 g/mol.